The van der Waals surface area contributed by atoms with Gasteiger partial charge in [-0.05, 0) is 33.8 Å². The van der Waals surface area contributed by atoms with Gasteiger partial charge in [0, 0.05) is 13.8 Å². The fraction of sp³-hybridized carbons (Fsp3) is 0.615. The fourth-order valence-corrected chi connectivity index (χ4v) is 1.47. The molecule has 0 atom stereocenters. The molecule has 0 N–H and O–H groups in total. The van der Waals surface area contributed by atoms with Gasteiger partial charge in [-0.25, -0.2) is 4.79 Å². The molecule has 0 aromatic carbocycles. The van der Waals surface area contributed by atoms with E-state index in [1.807, 2.05) is 20.8 Å². The Kier molecular flexibility index (Phi) is 3.94. The molecule has 0 aliphatic carbocycles. The van der Waals surface area contributed by atoms with Crippen molar-refractivity contribution in [3.8, 4) is 0 Å². The van der Waals surface area contributed by atoms with Crippen LogP contribution in [0.3, 0.4) is 0 Å². The van der Waals surface area contributed by atoms with Crippen LogP contribution in [0, 0.1) is 11.8 Å². The number of carbonyl (C=O) groups is 1. The van der Waals surface area contributed by atoms with Gasteiger partial charge in [0.05, 0.1) is 22.4 Å². The van der Waals surface area contributed by atoms with Crippen LogP contribution in [0.5, 0.6) is 0 Å². The molecule has 0 aliphatic heterocycles. The van der Waals surface area contributed by atoms with E-state index in [0.717, 1.165) is 4.87 Å². The zero-order valence-corrected chi connectivity index (χ0v) is 11.9. The second-order valence-corrected chi connectivity index (χ2v) is 5.61. The lowest BCUT2D eigenvalue weighted by Crippen LogP contribution is -2.25. The van der Waals surface area contributed by atoms with Gasteiger partial charge in [-0.3, -0.25) is 0 Å². The van der Waals surface area contributed by atoms with E-state index < -0.39 is 11.6 Å². The highest BCUT2D eigenvalue weighted by atomic mass is 16.6. The van der Waals surface area contributed by atoms with Gasteiger partial charge >= 0.3 is 5.97 Å². The number of nitrogens with zero attached hydrogens (tertiary/aromatic N) is 2. The largest absolute Gasteiger partial charge is 0.456 e. The van der Waals surface area contributed by atoms with Gasteiger partial charge in [0.15, 0.2) is 0 Å². The minimum absolute atomic E-state index is 0.192. The number of rotatable bonds is 3. The lowest BCUT2D eigenvalue weighted by molar-refractivity contribution is -0.633. The van der Waals surface area contributed by atoms with Crippen LogP contribution in [0.2, 0.25) is 0 Å². The van der Waals surface area contributed by atoms with Gasteiger partial charge in [-0.15, -0.1) is 0 Å². The minimum atomic E-state index is -0.539. The van der Waals surface area contributed by atoms with Gasteiger partial charge in [-0.1, -0.05) is 4.68 Å². The molecule has 0 spiro atoms. The van der Waals surface area contributed by atoms with Gasteiger partial charge in [0.25, 0.3) is 0 Å². The molecule has 0 aliphatic rings. The summed E-state index contributed by atoms with van der Waals surface area (Å²) in [6.07, 6.45) is 1.51. The third-order valence-corrected chi connectivity index (χ3v) is 2.28. The zero-order valence-electron chi connectivity index (χ0n) is 11.9. The zero-order chi connectivity index (χ0) is 14.1. The number of hydrogen-bond donors (Lipinski definition) is 0. The molecule has 0 fully saturated rings. The molecule has 1 heterocycles. The Balaban J connectivity index is 2.98. The molecule has 1 rings (SSSR count). The quantitative estimate of drug-likeness (QED) is 0.614. The normalized spacial score (nSPS) is 11.7. The predicted octanol–water partition coefficient (Wildman–Crippen LogP) is 2.70. The van der Waals surface area contributed by atoms with Crippen molar-refractivity contribution < 1.29 is 14.4 Å². The highest BCUT2D eigenvalue weighted by molar-refractivity contribution is 5.89. The lowest BCUT2D eigenvalue weighted by Gasteiger charge is -2.18. The number of ether oxygens (including phenoxy) is 1. The van der Waals surface area contributed by atoms with E-state index >= 15 is 0 Å². The van der Waals surface area contributed by atoms with Crippen molar-refractivity contribution in [2.24, 2.45) is 0 Å². The molecule has 0 amide bonds. The van der Waals surface area contributed by atoms with E-state index in [1.165, 1.54) is 10.9 Å². The van der Waals surface area contributed by atoms with E-state index in [1.54, 1.807) is 26.8 Å². The van der Waals surface area contributed by atoms with Crippen LogP contribution in [-0.2, 0) is 4.74 Å². The summed E-state index contributed by atoms with van der Waals surface area (Å²) in [5, 5.41) is 0. The number of aromatic nitrogens is 1. The van der Waals surface area contributed by atoms with Crippen LogP contribution in [0.4, 0.5) is 0 Å². The first kappa shape index (κ1) is 14.4. The van der Waals surface area contributed by atoms with Crippen molar-refractivity contribution in [3.05, 3.63) is 28.4 Å². The lowest BCUT2D eigenvalue weighted by atomic mass is 10.2. The molecule has 0 radical (unpaired) electrons. The SMILES string of the molecule is Cc1cc(C(=O)OC(C)(C)C)cn1[N+](=O)C(C)C. The van der Waals surface area contributed by atoms with E-state index in [4.69, 9.17) is 4.74 Å². The molecular formula is C13H21N2O3+. The second kappa shape index (κ2) is 4.92. The van der Waals surface area contributed by atoms with Crippen molar-refractivity contribution in [1.82, 2.24) is 4.68 Å². The number of hydrogen-bond acceptors (Lipinski definition) is 3. The number of esters is 1. The molecule has 0 unspecified atom stereocenters. The molecule has 100 valence electrons. The van der Waals surface area contributed by atoms with Gasteiger partial charge < -0.3 is 4.74 Å². The summed E-state index contributed by atoms with van der Waals surface area (Å²) >= 11 is 0. The van der Waals surface area contributed by atoms with E-state index in [9.17, 15) is 9.70 Å². The van der Waals surface area contributed by atoms with E-state index in [2.05, 4.69) is 0 Å². The van der Waals surface area contributed by atoms with Crippen molar-refractivity contribution in [3.63, 3.8) is 0 Å². The Morgan fingerprint density at radius 1 is 1.39 bits per heavy atom. The van der Waals surface area contributed by atoms with Crippen molar-refractivity contribution in [2.75, 3.05) is 0 Å². The molecule has 5 heteroatoms. The molecule has 18 heavy (non-hydrogen) atoms. The Hall–Kier alpha value is -1.65. The van der Waals surface area contributed by atoms with Crippen LogP contribution in [0.25, 0.3) is 0 Å². The third kappa shape index (κ3) is 3.42. The molecule has 0 saturated heterocycles. The van der Waals surface area contributed by atoms with Gasteiger partial charge in [0.1, 0.15) is 10.5 Å². The number of aryl methyl sites for hydroxylation is 1. The molecule has 0 bridgehead atoms. The standard InChI is InChI=1S/C13H21N2O3/c1-9(2)15(17)14-8-11(7-10(14)3)12(16)18-13(4,5)6/h7-9H,1-6H3/q+1. The highest BCUT2D eigenvalue weighted by Crippen LogP contribution is 2.15. The van der Waals surface area contributed by atoms with Crippen LogP contribution in [0.15, 0.2) is 12.3 Å². The van der Waals surface area contributed by atoms with Crippen LogP contribution >= 0.6 is 0 Å². The molecule has 5 nitrogen and oxygen atoms in total. The first-order valence-corrected chi connectivity index (χ1v) is 6.01. The topological polar surface area (TPSA) is 51.3 Å². The summed E-state index contributed by atoms with van der Waals surface area (Å²) in [5.74, 6) is -0.415. The first-order valence-electron chi connectivity index (χ1n) is 6.01. The summed E-state index contributed by atoms with van der Waals surface area (Å²) < 4.78 is 6.68. The summed E-state index contributed by atoms with van der Waals surface area (Å²) in [6.45, 7) is 10.8. The van der Waals surface area contributed by atoms with Crippen molar-refractivity contribution in [2.45, 2.75) is 53.2 Å². The molecule has 0 saturated carbocycles. The third-order valence-electron chi connectivity index (χ3n) is 2.28. The maximum atomic E-state index is 11.9. The number of nitroso groups, excluding NO2 is 1. The predicted molar refractivity (Wildman–Crippen MR) is 68.5 cm³/mol. The summed E-state index contributed by atoms with van der Waals surface area (Å²) in [6, 6.07) is 1.46. The van der Waals surface area contributed by atoms with Gasteiger partial charge in [0.2, 0.25) is 6.04 Å². The Morgan fingerprint density at radius 2 is 1.94 bits per heavy atom. The first-order chi connectivity index (χ1) is 8.11. The van der Waals surface area contributed by atoms with Crippen LogP contribution < -0.4 is 0 Å². The summed E-state index contributed by atoms with van der Waals surface area (Å²) in [7, 11) is 0. The van der Waals surface area contributed by atoms with Crippen molar-refractivity contribution in [1.29, 1.82) is 0 Å². The summed E-state index contributed by atoms with van der Waals surface area (Å²) in [5.41, 5.74) is 0.561. The fourth-order valence-electron chi connectivity index (χ4n) is 1.47. The average molecular weight is 253 g/mol. The highest BCUT2D eigenvalue weighted by Gasteiger charge is 2.24. The minimum Gasteiger partial charge on any atom is -0.456 e. The molecule has 1 aromatic rings. The molecule has 1 aromatic heterocycles. The second-order valence-electron chi connectivity index (χ2n) is 5.61. The van der Waals surface area contributed by atoms with Gasteiger partial charge in [-0.2, -0.15) is 0 Å². The average Bonchev–Trinajstić information content (AvgIpc) is 2.56. The summed E-state index contributed by atoms with van der Waals surface area (Å²) in [4.78, 5) is 24.5. The smallest absolute Gasteiger partial charge is 0.340 e. The number of carbonyl (C=O) groups excluding carboxylic acids is 1. The molecular weight excluding hydrogens is 232 g/mol. The Morgan fingerprint density at radius 3 is 2.39 bits per heavy atom. The maximum absolute atomic E-state index is 11.9. The van der Waals surface area contributed by atoms with E-state index in [-0.39, 0.29) is 6.04 Å². The van der Waals surface area contributed by atoms with Crippen LogP contribution in [0.1, 0.15) is 50.7 Å². The monoisotopic (exact) mass is 253 g/mol. The van der Waals surface area contributed by atoms with Crippen molar-refractivity contribution >= 4 is 5.97 Å². The maximum Gasteiger partial charge on any atom is 0.340 e. The van der Waals surface area contributed by atoms with Crippen LogP contribution in [-0.4, -0.2) is 27.2 Å². The Labute approximate surface area is 107 Å². The Bertz CT molecular complexity index is 467. The van der Waals surface area contributed by atoms with E-state index in [0.29, 0.717) is 11.3 Å².